The first kappa shape index (κ1) is 16.8. The molecule has 1 heterocycles. The van der Waals surface area contributed by atoms with Crippen molar-refractivity contribution in [1.82, 2.24) is 4.90 Å². The molecule has 2 N–H and O–H groups in total. The minimum Gasteiger partial charge on any atom is -0.478 e. The molecule has 1 aromatic carbocycles. The van der Waals surface area contributed by atoms with E-state index < -0.39 is 23.9 Å². The fourth-order valence-electron chi connectivity index (χ4n) is 3.23. The van der Waals surface area contributed by atoms with Crippen LogP contribution in [0.1, 0.15) is 30.9 Å². The summed E-state index contributed by atoms with van der Waals surface area (Å²) in [5.41, 5.74) is 0.666. The van der Waals surface area contributed by atoms with E-state index in [1.54, 1.807) is 23.1 Å². The van der Waals surface area contributed by atoms with E-state index in [-0.39, 0.29) is 18.2 Å². The summed E-state index contributed by atoms with van der Waals surface area (Å²) in [5, 5.41) is 18.9. The number of hydrogen-bond acceptors (Lipinski definition) is 4. The number of aliphatic carboxylic acids is 1. The van der Waals surface area contributed by atoms with E-state index >= 15 is 0 Å². The monoisotopic (exact) mass is 333 g/mol. The number of rotatable bonds is 5. The van der Waals surface area contributed by atoms with Crippen LogP contribution in [0.4, 0.5) is 4.39 Å². The van der Waals surface area contributed by atoms with Crippen LogP contribution in [0.25, 0.3) is 0 Å². The maximum atomic E-state index is 14.3. The topological polar surface area (TPSA) is 77.8 Å². The van der Waals surface area contributed by atoms with Gasteiger partial charge < -0.3 is 10.2 Å². The Bertz CT molecular complexity index is 683. The van der Waals surface area contributed by atoms with Gasteiger partial charge in [0.05, 0.1) is 12.1 Å². The van der Waals surface area contributed by atoms with Gasteiger partial charge in [-0.05, 0) is 30.9 Å². The molecule has 0 amide bonds. The van der Waals surface area contributed by atoms with Gasteiger partial charge >= 0.3 is 5.97 Å². The average Bonchev–Trinajstić information content (AvgIpc) is 3.36. The van der Waals surface area contributed by atoms with Crippen molar-refractivity contribution < 1.29 is 24.2 Å². The fourth-order valence-corrected chi connectivity index (χ4v) is 3.23. The number of likely N-dealkylation sites (tertiary alicyclic amines) is 1. The first-order valence-corrected chi connectivity index (χ1v) is 8.11. The first-order chi connectivity index (χ1) is 11.5. The highest BCUT2D eigenvalue weighted by Gasteiger charge is 2.41. The van der Waals surface area contributed by atoms with Crippen LogP contribution in [0, 0.1) is 11.7 Å². The largest absolute Gasteiger partial charge is 0.478 e. The Morgan fingerprint density at radius 1 is 1.25 bits per heavy atom. The molecule has 1 saturated carbocycles. The van der Waals surface area contributed by atoms with Gasteiger partial charge in [-0.25, -0.2) is 9.18 Å². The van der Waals surface area contributed by atoms with Crippen molar-refractivity contribution in [1.29, 1.82) is 0 Å². The number of aliphatic hydroxyl groups excluding tert-OH is 1. The summed E-state index contributed by atoms with van der Waals surface area (Å²) in [4.78, 5) is 25.5. The molecule has 0 spiro atoms. The number of hydrogen-bond donors (Lipinski definition) is 2. The Morgan fingerprint density at radius 2 is 1.96 bits per heavy atom. The summed E-state index contributed by atoms with van der Waals surface area (Å²) in [6.07, 6.45) is 2.10. The standard InChI is InChI=1S/C18H20FNO4/c19-14-4-2-1-3-13(14)17(18(24)11-5-6-11)20-8-7-15(21)12(10-20)9-16(22)23/h1-4,9,11,15,17,21H,5-8,10H2,(H,22,23)/b12-9-. The quantitative estimate of drug-likeness (QED) is 0.805. The molecule has 24 heavy (non-hydrogen) atoms. The third-order valence-corrected chi connectivity index (χ3v) is 4.63. The molecule has 6 heteroatoms. The number of nitrogens with zero attached hydrogens (tertiary/aromatic N) is 1. The van der Waals surface area contributed by atoms with Crippen molar-refractivity contribution in [2.45, 2.75) is 31.4 Å². The summed E-state index contributed by atoms with van der Waals surface area (Å²) in [6, 6.07) is 5.47. The van der Waals surface area contributed by atoms with Gasteiger partial charge in [0.1, 0.15) is 5.82 Å². The zero-order valence-electron chi connectivity index (χ0n) is 13.2. The van der Waals surface area contributed by atoms with Gasteiger partial charge in [0.2, 0.25) is 0 Å². The fraction of sp³-hybridized carbons (Fsp3) is 0.444. The molecule has 128 valence electrons. The summed E-state index contributed by atoms with van der Waals surface area (Å²) >= 11 is 0. The lowest BCUT2D eigenvalue weighted by atomic mass is 9.93. The third kappa shape index (κ3) is 3.55. The van der Waals surface area contributed by atoms with Crippen LogP contribution in [0.5, 0.6) is 0 Å². The van der Waals surface area contributed by atoms with Gasteiger partial charge in [-0.2, -0.15) is 0 Å². The Labute approximate surface area is 139 Å². The van der Waals surface area contributed by atoms with E-state index in [1.807, 2.05) is 0 Å². The van der Waals surface area contributed by atoms with E-state index in [0.29, 0.717) is 24.1 Å². The molecule has 1 aromatic rings. The molecule has 1 saturated heterocycles. The first-order valence-electron chi connectivity index (χ1n) is 8.11. The number of carboxylic acid groups (broad SMARTS) is 1. The van der Waals surface area contributed by atoms with E-state index in [4.69, 9.17) is 5.11 Å². The highest BCUT2D eigenvalue weighted by molar-refractivity contribution is 5.89. The molecular weight excluding hydrogens is 313 g/mol. The van der Waals surface area contributed by atoms with Crippen LogP contribution in [0.2, 0.25) is 0 Å². The van der Waals surface area contributed by atoms with Gasteiger partial charge in [-0.15, -0.1) is 0 Å². The number of aliphatic hydroxyl groups is 1. The molecule has 5 nitrogen and oxygen atoms in total. The van der Waals surface area contributed by atoms with Crippen LogP contribution in [0.15, 0.2) is 35.9 Å². The number of carbonyl (C=O) groups is 2. The molecule has 2 unspecified atom stereocenters. The Hall–Kier alpha value is -2.05. The van der Waals surface area contributed by atoms with Gasteiger partial charge in [-0.3, -0.25) is 9.69 Å². The summed E-state index contributed by atoms with van der Waals surface area (Å²) in [7, 11) is 0. The van der Waals surface area contributed by atoms with E-state index in [2.05, 4.69) is 0 Å². The van der Waals surface area contributed by atoms with Crippen LogP contribution in [-0.4, -0.2) is 46.1 Å². The van der Waals surface area contributed by atoms with Gasteiger partial charge in [0.15, 0.2) is 5.78 Å². The molecule has 0 aromatic heterocycles. The minimum atomic E-state index is -1.14. The van der Waals surface area contributed by atoms with Crippen molar-refractivity contribution in [3.05, 3.63) is 47.3 Å². The maximum absolute atomic E-state index is 14.3. The van der Waals surface area contributed by atoms with Crippen LogP contribution in [-0.2, 0) is 9.59 Å². The third-order valence-electron chi connectivity index (χ3n) is 4.63. The lowest BCUT2D eigenvalue weighted by Crippen LogP contribution is -2.43. The number of piperidine rings is 1. The number of carboxylic acids is 1. The molecule has 0 radical (unpaired) electrons. The van der Waals surface area contributed by atoms with Crippen LogP contribution >= 0.6 is 0 Å². The number of carbonyl (C=O) groups excluding carboxylic acids is 1. The molecule has 3 rings (SSSR count). The average molecular weight is 333 g/mol. The molecule has 2 aliphatic rings. The maximum Gasteiger partial charge on any atom is 0.328 e. The number of Topliss-reactive ketones (excluding diaryl/α,β-unsaturated/α-hetero) is 1. The predicted molar refractivity (Wildman–Crippen MR) is 84.8 cm³/mol. The van der Waals surface area contributed by atoms with Gasteiger partial charge in [0.25, 0.3) is 0 Å². The molecule has 1 aliphatic carbocycles. The molecule has 2 atom stereocenters. The summed E-state index contributed by atoms with van der Waals surface area (Å²) < 4.78 is 14.3. The zero-order valence-corrected chi connectivity index (χ0v) is 13.2. The second-order valence-electron chi connectivity index (χ2n) is 6.43. The summed E-state index contributed by atoms with van der Waals surface area (Å²) in [5.74, 6) is -1.65. The van der Waals surface area contributed by atoms with Crippen molar-refractivity contribution in [2.75, 3.05) is 13.1 Å². The zero-order chi connectivity index (χ0) is 17.3. The Balaban J connectivity index is 1.92. The van der Waals surface area contributed by atoms with Crippen molar-refractivity contribution in [3.8, 4) is 0 Å². The molecule has 1 aliphatic heterocycles. The highest BCUT2D eigenvalue weighted by Crippen LogP contribution is 2.39. The molecule has 2 fully saturated rings. The normalized spacial score (nSPS) is 24.8. The van der Waals surface area contributed by atoms with E-state index in [1.165, 1.54) is 6.07 Å². The van der Waals surface area contributed by atoms with Gasteiger partial charge in [0, 0.05) is 30.6 Å². The molecular formula is C18H20FNO4. The van der Waals surface area contributed by atoms with E-state index in [0.717, 1.165) is 18.9 Å². The van der Waals surface area contributed by atoms with Crippen molar-refractivity contribution in [3.63, 3.8) is 0 Å². The van der Waals surface area contributed by atoms with Crippen LogP contribution in [0.3, 0.4) is 0 Å². The smallest absolute Gasteiger partial charge is 0.328 e. The number of benzene rings is 1. The highest BCUT2D eigenvalue weighted by atomic mass is 19.1. The van der Waals surface area contributed by atoms with Crippen molar-refractivity contribution >= 4 is 11.8 Å². The predicted octanol–water partition coefficient (Wildman–Crippen LogP) is 1.92. The number of halogens is 1. The van der Waals surface area contributed by atoms with Crippen molar-refractivity contribution in [2.24, 2.45) is 5.92 Å². The number of ketones is 1. The van der Waals surface area contributed by atoms with E-state index in [9.17, 15) is 19.1 Å². The minimum absolute atomic E-state index is 0.0221. The van der Waals surface area contributed by atoms with Gasteiger partial charge in [-0.1, -0.05) is 18.2 Å². The molecule has 0 bridgehead atoms. The Kier molecular flexibility index (Phi) is 4.78. The lowest BCUT2D eigenvalue weighted by molar-refractivity contribution is -0.131. The summed E-state index contributed by atoms with van der Waals surface area (Å²) in [6.45, 7) is 0.556. The second-order valence-corrected chi connectivity index (χ2v) is 6.43. The second kappa shape index (κ2) is 6.83. The SMILES string of the molecule is O=C(O)/C=C1/CN(C(C(=O)C2CC2)c2ccccc2F)CCC1O. The van der Waals surface area contributed by atoms with Crippen LogP contribution < -0.4 is 0 Å². The Morgan fingerprint density at radius 3 is 2.58 bits per heavy atom. The lowest BCUT2D eigenvalue weighted by Gasteiger charge is -2.37.